The summed E-state index contributed by atoms with van der Waals surface area (Å²) in [4.78, 5) is 0. The molecule has 0 bridgehead atoms. The van der Waals surface area contributed by atoms with E-state index in [2.05, 4.69) is 90.1 Å². The Hall–Kier alpha value is -1.87. The van der Waals surface area contributed by atoms with Gasteiger partial charge in [-0.15, -0.1) is 5.56 Å². The predicted octanol–water partition coefficient (Wildman–Crippen LogP) is 5.18. The Bertz CT molecular complexity index is 1530. The first kappa shape index (κ1) is 38.3. The Morgan fingerprint density at radius 1 is 0.682 bits per heavy atom. The summed E-state index contributed by atoms with van der Waals surface area (Å²) in [7, 11) is 0. The summed E-state index contributed by atoms with van der Waals surface area (Å²) in [6.45, 7) is 13.6. The molecule has 0 aromatic heterocycles. The molecule has 0 spiro atoms. The third kappa shape index (κ3) is 10.3. The van der Waals surface area contributed by atoms with Crippen molar-refractivity contribution < 1.29 is 48.7 Å². The molecule has 5 heteroatoms. The second kappa shape index (κ2) is 16.6. The van der Waals surface area contributed by atoms with Crippen LogP contribution < -0.4 is 24.8 Å². The van der Waals surface area contributed by atoms with Crippen molar-refractivity contribution >= 4 is 26.5 Å². The molecule has 0 unspecified atom stereocenters. The summed E-state index contributed by atoms with van der Waals surface area (Å²) in [5.74, 6) is 0. The molecule has 0 N–H and O–H groups in total. The Morgan fingerprint density at radius 2 is 1.20 bits per heavy atom. The van der Waals surface area contributed by atoms with Crippen molar-refractivity contribution in [1.29, 1.82) is 0 Å². The van der Waals surface area contributed by atoms with Gasteiger partial charge in [0, 0.05) is 0 Å². The van der Waals surface area contributed by atoms with Crippen LogP contribution in [0.4, 0.5) is 0 Å². The number of fused-ring (bicyclic) bond motifs is 3. The van der Waals surface area contributed by atoms with Gasteiger partial charge in [0.1, 0.15) is 0 Å². The first-order chi connectivity index (χ1) is 19.8. The zero-order valence-electron chi connectivity index (χ0n) is 26.1. The Kier molecular flexibility index (Phi) is 14.5. The van der Waals surface area contributed by atoms with Gasteiger partial charge >= 0.3 is 120 Å². The van der Waals surface area contributed by atoms with Crippen molar-refractivity contribution in [2.24, 2.45) is 0 Å². The van der Waals surface area contributed by atoms with Crippen molar-refractivity contribution in [3.8, 4) is 11.1 Å². The largest absolute Gasteiger partial charge is 1.00 e. The molecule has 5 aromatic carbocycles. The molecule has 6 rings (SSSR count). The summed E-state index contributed by atoms with van der Waals surface area (Å²) in [6, 6.07) is 40.9. The van der Waals surface area contributed by atoms with E-state index < -0.39 is 0 Å². The van der Waals surface area contributed by atoms with E-state index in [0.717, 1.165) is 40.4 Å². The van der Waals surface area contributed by atoms with E-state index in [-0.39, 0.29) is 35.6 Å². The van der Waals surface area contributed by atoms with E-state index in [1.807, 2.05) is 66.7 Å². The first-order valence-corrected chi connectivity index (χ1v) is 16.8. The first-order valence-electron chi connectivity index (χ1n) is 14.3. The third-order valence-corrected chi connectivity index (χ3v) is 9.85. The zero-order valence-corrected chi connectivity index (χ0v) is 32.7. The van der Waals surface area contributed by atoms with Crippen LogP contribution in [0, 0.1) is 6.07 Å². The topological polar surface area (TPSA) is 0 Å². The Balaban J connectivity index is 0.000000260. The smallest absolute Gasteiger partial charge is 0.172 e. The molecule has 0 saturated heterocycles. The SMILES string of the molecule is CC(C)(C)c1c[c-]c2c(c1)-c1cc(C(C)(C)C)ccc1C2.Clc1cccc([C](=[Hf+2])c2cccc(Cl)c2)c1.[Cl-].[Cl-].c1cc[cH-]c1. The maximum absolute atomic E-state index is 5.98. The van der Waals surface area contributed by atoms with E-state index in [0.29, 0.717) is 0 Å². The fraction of sp³-hybridized carbons (Fsp3) is 0.231. The molecule has 1 aliphatic rings. The van der Waals surface area contributed by atoms with E-state index in [1.165, 1.54) is 47.8 Å². The van der Waals surface area contributed by atoms with Crippen LogP contribution in [0.25, 0.3) is 11.1 Å². The summed E-state index contributed by atoms with van der Waals surface area (Å²) in [6.07, 6.45) is 1.03. The van der Waals surface area contributed by atoms with Crippen LogP contribution >= 0.6 is 23.2 Å². The van der Waals surface area contributed by atoms with Crippen LogP contribution in [-0.4, -0.2) is 3.26 Å². The van der Waals surface area contributed by atoms with Gasteiger partial charge in [-0.3, -0.25) is 0 Å². The monoisotopic (exact) mass is 826 g/mol. The molecule has 44 heavy (non-hydrogen) atoms. The standard InChI is InChI=1S/C21H25.C13H8Cl2.C5H5.2ClH.Hf/c1-20(2,3)16-9-7-14-11-15-8-10-17(21(4,5)6)13-19(15)18(14)12-16;14-12-5-1-3-10(8-12)7-11-4-2-6-13(15)9-11;1-2-4-5-3-1;;;/h7,9-10,12-13H,11H2,1-6H3;1-6,8-9H;1-5H;2*1H;/q-1;;-1;;;+2/p-2. The molecule has 0 heterocycles. The number of hydrogen-bond acceptors (Lipinski definition) is 0. The minimum Gasteiger partial charge on any atom is -1.00 e. The summed E-state index contributed by atoms with van der Waals surface area (Å²) in [5, 5.41) is 1.54. The van der Waals surface area contributed by atoms with Crippen molar-refractivity contribution in [3.05, 3.63) is 159 Å². The van der Waals surface area contributed by atoms with Crippen molar-refractivity contribution in [2.45, 2.75) is 58.8 Å². The molecule has 0 atom stereocenters. The van der Waals surface area contributed by atoms with Crippen LogP contribution in [0.15, 0.2) is 109 Å². The Labute approximate surface area is 301 Å². The molecule has 0 radical (unpaired) electrons. The van der Waals surface area contributed by atoms with E-state index in [4.69, 9.17) is 23.2 Å². The molecule has 5 aromatic rings. The van der Waals surface area contributed by atoms with Gasteiger partial charge in [0.2, 0.25) is 0 Å². The quantitative estimate of drug-likeness (QED) is 0.167. The number of benzene rings is 4. The fourth-order valence-corrected chi connectivity index (χ4v) is 6.26. The summed E-state index contributed by atoms with van der Waals surface area (Å²) < 4.78 is 1.31. The van der Waals surface area contributed by atoms with Gasteiger partial charge < -0.3 is 24.8 Å². The maximum atomic E-state index is 5.98. The number of hydrogen-bond donors (Lipinski definition) is 0. The van der Waals surface area contributed by atoms with E-state index >= 15 is 0 Å². The van der Waals surface area contributed by atoms with Crippen LogP contribution in [0.1, 0.15) is 74.9 Å². The average molecular weight is 827 g/mol. The van der Waals surface area contributed by atoms with Crippen molar-refractivity contribution in [1.82, 2.24) is 0 Å². The number of halogens is 4. The molecule has 0 fully saturated rings. The van der Waals surface area contributed by atoms with E-state index in [1.54, 1.807) is 0 Å². The van der Waals surface area contributed by atoms with Crippen LogP contribution in [-0.2, 0) is 41.1 Å². The van der Waals surface area contributed by atoms with Gasteiger partial charge in [-0.05, 0) is 17.4 Å². The van der Waals surface area contributed by atoms with Crippen molar-refractivity contribution in [3.63, 3.8) is 0 Å². The van der Waals surface area contributed by atoms with Crippen molar-refractivity contribution in [2.75, 3.05) is 0 Å². The van der Waals surface area contributed by atoms with Gasteiger partial charge in [-0.1, -0.05) is 76.3 Å². The van der Waals surface area contributed by atoms with Crippen LogP contribution in [0.2, 0.25) is 10.0 Å². The Morgan fingerprint density at radius 3 is 1.66 bits per heavy atom. The van der Waals surface area contributed by atoms with Crippen LogP contribution in [0.5, 0.6) is 0 Å². The fourth-order valence-electron chi connectivity index (χ4n) is 4.76. The molecular formula is C39H38Cl4Hf-2. The molecular weight excluding hydrogens is 789 g/mol. The molecule has 1 aliphatic carbocycles. The molecule has 0 amide bonds. The second-order valence-electron chi connectivity index (χ2n) is 12.7. The second-order valence-corrected chi connectivity index (χ2v) is 15.4. The third-order valence-electron chi connectivity index (χ3n) is 7.31. The molecule has 228 valence electrons. The van der Waals surface area contributed by atoms with Crippen LogP contribution in [0.3, 0.4) is 0 Å². The molecule has 0 aliphatic heterocycles. The normalized spacial score (nSPS) is 11.3. The van der Waals surface area contributed by atoms with Gasteiger partial charge in [0.15, 0.2) is 0 Å². The predicted molar refractivity (Wildman–Crippen MR) is 179 cm³/mol. The van der Waals surface area contributed by atoms with Gasteiger partial charge in [-0.25, -0.2) is 12.1 Å². The maximum Gasteiger partial charge on any atom is -0.172 e. The molecule has 0 nitrogen and oxygen atoms in total. The minimum atomic E-state index is 0. The zero-order chi connectivity index (χ0) is 30.5. The van der Waals surface area contributed by atoms with Gasteiger partial charge in [0.05, 0.1) is 0 Å². The van der Waals surface area contributed by atoms with Gasteiger partial charge in [-0.2, -0.15) is 47.5 Å². The summed E-state index contributed by atoms with van der Waals surface area (Å²) in [5.41, 5.74) is 11.1. The van der Waals surface area contributed by atoms with Gasteiger partial charge in [0.25, 0.3) is 0 Å². The van der Waals surface area contributed by atoms with E-state index in [9.17, 15) is 0 Å². The molecule has 0 saturated carbocycles. The number of rotatable bonds is 2. The summed E-state index contributed by atoms with van der Waals surface area (Å²) >= 11 is 12.9. The minimum absolute atomic E-state index is 0. The average Bonchev–Trinajstić information content (AvgIpc) is 3.63.